The molecule has 0 aliphatic carbocycles. The Morgan fingerprint density at radius 1 is 1.56 bits per heavy atom. The number of piperidine rings is 1. The predicted molar refractivity (Wildman–Crippen MR) is 69.3 cm³/mol. The number of aliphatic hydroxyl groups excluding tert-OH is 1. The zero-order valence-electron chi connectivity index (χ0n) is 11.0. The van der Waals surface area contributed by atoms with Crippen LogP contribution in [0.5, 0.6) is 0 Å². The first-order valence-corrected chi connectivity index (χ1v) is 6.51. The fraction of sp³-hybridized carbons (Fsp3) is 0.571. The Hall–Kier alpha value is -1.42. The molecule has 2 atom stereocenters. The summed E-state index contributed by atoms with van der Waals surface area (Å²) in [4.78, 5) is 18.3. The van der Waals surface area contributed by atoms with Crippen LogP contribution >= 0.6 is 0 Å². The molecule has 4 nitrogen and oxygen atoms in total. The van der Waals surface area contributed by atoms with Gasteiger partial charge in [-0.15, -0.1) is 0 Å². The molecule has 1 saturated heterocycles. The maximum Gasteiger partial charge on any atom is 0.255 e. The van der Waals surface area contributed by atoms with Crippen molar-refractivity contribution in [2.45, 2.75) is 32.8 Å². The van der Waals surface area contributed by atoms with Crippen molar-refractivity contribution in [3.63, 3.8) is 0 Å². The lowest BCUT2D eigenvalue weighted by atomic mass is 9.92. The molecule has 0 radical (unpaired) electrons. The van der Waals surface area contributed by atoms with Gasteiger partial charge >= 0.3 is 0 Å². The standard InChI is InChI=1S/C14H20N2O2/c1-3-11-9-16(7-6-13(11)17)14(18)12-5-4-10(2)15-8-12/h4-5,8,11,13,17H,3,6-7,9H2,1-2H3. The highest BCUT2D eigenvalue weighted by Gasteiger charge is 2.29. The molecule has 1 amide bonds. The van der Waals surface area contributed by atoms with Crippen molar-refractivity contribution in [3.8, 4) is 0 Å². The second kappa shape index (κ2) is 5.48. The molecule has 4 heteroatoms. The summed E-state index contributed by atoms with van der Waals surface area (Å²) in [6, 6.07) is 3.67. The topological polar surface area (TPSA) is 53.4 Å². The second-order valence-corrected chi connectivity index (χ2v) is 4.96. The number of carbonyl (C=O) groups is 1. The highest BCUT2D eigenvalue weighted by Crippen LogP contribution is 2.21. The number of rotatable bonds is 2. The van der Waals surface area contributed by atoms with Gasteiger partial charge < -0.3 is 10.0 Å². The zero-order chi connectivity index (χ0) is 13.1. The molecule has 2 rings (SSSR count). The third-order valence-corrected chi connectivity index (χ3v) is 3.66. The quantitative estimate of drug-likeness (QED) is 0.865. The first-order valence-electron chi connectivity index (χ1n) is 6.51. The van der Waals surface area contributed by atoms with E-state index in [4.69, 9.17) is 0 Å². The number of hydrogen-bond acceptors (Lipinski definition) is 3. The maximum absolute atomic E-state index is 12.3. The van der Waals surface area contributed by atoms with Gasteiger partial charge in [0.15, 0.2) is 0 Å². The SMILES string of the molecule is CCC1CN(C(=O)c2ccc(C)nc2)CCC1O. The highest BCUT2D eigenvalue weighted by molar-refractivity contribution is 5.94. The Bertz CT molecular complexity index is 416. The summed E-state index contributed by atoms with van der Waals surface area (Å²) in [7, 11) is 0. The summed E-state index contributed by atoms with van der Waals surface area (Å²) in [5.74, 6) is 0.217. The van der Waals surface area contributed by atoms with Crippen molar-refractivity contribution in [2.75, 3.05) is 13.1 Å². The average Bonchev–Trinajstić information content (AvgIpc) is 2.39. The molecular weight excluding hydrogens is 228 g/mol. The minimum Gasteiger partial charge on any atom is -0.393 e. The normalized spacial score (nSPS) is 24.1. The summed E-state index contributed by atoms with van der Waals surface area (Å²) in [5.41, 5.74) is 1.54. The van der Waals surface area contributed by atoms with Crippen molar-refractivity contribution in [2.24, 2.45) is 5.92 Å². The molecule has 1 aliphatic rings. The molecule has 1 aliphatic heterocycles. The van der Waals surface area contributed by atoms with Crippen LogP contribution in [0.3, 0.4) is 0 Å². The maximum atomic E-state index is 12.3. The van der Waals surface area contributed by atoms with E-state index >= 15 is 0 Å². The molecule has 1 aromatic heterocycles. The van der Waals surface area contributed by atoms with Gasteiger partial charge in [0.1, 0.15) is 0 Å². The van der Waals surface area contributed by atoms with Gasteiger partial charge in [0.2, 0.25) is 0 Å². The van der Waals surface area contributed by atoms with Crippen LogP contribution in [0.4, 0.5) is 0 Å². The van der Waals surface area contributed by atoms with Crippen LogP contribution in [-0.4, -0.2) is 40.1 Å². The Labute approximate surface area is 108 Å². The Balaban J connectivity index is 2.07. The fourth-order valence-corrected chi connectivity index (χ4v) is 2.38. The van der Waals surface area contributed by atoms with E-state index in [-0.39, 0.29) is 17.9 Å². The molecule has 0 bridgehead atoms. The second-order valence-electron chi connectivity index (χ2n) is 4.96. The minimum atomic E-state index is -0.268. The van der Waals surface area contributed by atoms with Crippen LogP contribution in [0, 0.1) is 12.8 Å². The lowest BCUT2D eigenvalue weighted by molar-refractivity contribution is 0.0229. The molecule has 98 valence electrons. The average molecular weight is 248 g/mol. The van der Waals surface area contributed by atoms with Crippen molar-refractivity contribution >= 4 is 5.91 Å². The first-order chi connectivity index (χ1) is 8.61. The number of aryl methyl sites for hydroxylation is 1. The number of carbonyl (C=O) groups excluding carboxylic acids is 1. The van der Waals surface area contributed by atoms with Crippen LogP contribution in [0.15, 0.2) is 18.3 Å². The molecule has 1 aromatic rings. The Morgan fingerprint density at radius 3 is 2.94 bits per heavy atom. The molecule has 2 heterocycles. The van der Waals surface area contributed by atoms with Gasteiger partial charge in [0, 0.05) is 30.9 Å². The lowest BCUT2D eigenvalue weighted by Crippen LogP contribution is -2.45. The monoisotopic (exact) mass is 248 g/mol. The summed E-state index contributed by atoms with van der Waals surface area (Å²) in [6.07, 6.45) is 2.93. The molecule has 2 unspecified atom stereocenters. The van der Waals surface area contributed by atoms with Crippen LogP contribution in [0.25, 0.3) is 0 Å². The van der Waals surface area contributed by atoms with Gasteiger partial charge in [-0.1, -0.05) is 6.92 Å². The number of nitrogens with zero attached hydrogens (tertiary/aromatic N) is 2. The van der Waals surface area contributed by atoms with Crippen LogP contribution in [0.1, 0.15) is 35.8 Å². The Morgan fingerprint density at radius 2 is 2.33 bits per heavy atom. The Kier molecular flexibility index (Phi) is 3.97. The third kappa shape index (κ3) is 2.70. The highest BCUT2D eigenvalue weighted by atomic mass is 16.3. The minimum absolute atomic E-state index is 0.0212. The molecule has 0 spiro atoms. The number of aliphatic hydroxyl groups is 1. The number of amides is 1. The van der Waals surface area contributed by atoms with Gasteiger partial charge in [-0.05, 0) is 31.9 Å². The fourth-order valence-electron chi connectivity index (χ4n) is 2.38. The molecule has 0 aromatic carbocycles. The summed E-state index contributed by atoms with van der Waals surface area (Å²) in [5, 5.41) is 9.83. The number of pyridine rings is 1. The largest absolute Gasteiger partial charge is 0.393 e. The summed E-state index contributed by atoms with van der Waals surface area (Å²) in [6.45, 7) is 5.22. The van der Waals surface area contributed by atoms with Gasteiger partial charge in [0.05, 0.1) is 11.7 Å². The van der Waals surface area contributed by atoms with E-state index in [2.05, 4.69) is 11.9 Å². The van der Waals surface area contributed by atoms with E-state index in [9.17, 15) is 9.90 Å². The van der Waals surface area contributed by atoms with Crippen LogP contribution in [-0.2, 0) is 0 Å². The van der Waals surface area contributed by atoms with Crippen molar-refractivity contribution < 1.29 is 9.90 Å². The smallest absolute Gasteiger partial charge is 0.255 e. The number of hydrogen-bond donors (Lipinski definition) is 1. The lowest BCUT2D eigenvalue weighted by Gasteiger charge is -2.35. The van der Waals surface area contributed by atoms with Gasteiger partial charge in [0.25, 0.3) is 5.91 Å². The molecule has 18 heavy (non-hydrogen) atoms. The third-order valence-electron chi connectivity index (χ3n) is 3.66. The van der Waals surface area contributed by atoms with Crippen molar-refractivity contribution in [1.82, 2.24) is 9.88 Å². The molecule has 1 fully saturated rings. The van der Waals surface area contributed by atoms with E-state index in [0.717, 1.165) is 12.1 Å². The van der Waals surface area contributed by atoms with E-state index < -0.39 is 0 Å². The van der Waals surface area contributed by atoms with E-state index in [1.165, 1.54) is 0 Å². The summed E-state index contributed by atoms with van der Waals surface area (Å²) >= 11 is 0. The van der Waals surface area contributed by atoms with Crippen molar-refractivity contribution in [3.05, 3.63) is 29.6 Å². The van der Waals surface area contributed by atoms with Gasteiger partial charge in [-0.3, -0.25) is 9.78 Å². The van der Waals surface area contributed by atoms with Gasteiger partial charge in [-0.2, -0.15) is 0 Å². The molecule has 0 saturated carbocycles. The van der Waals surface area contributed by atoms with E-state index in [1.54, 1.807) is 6.20 Å². The summed E-state index contributed by atoms with van der Waals surface area (Å²) < 4.78 is 0. The number of likely N-dealkylation sites (tertiary alicyclic amines) is 1. The molecular formula is C14H20N2O2. The molecule has 1 N–H and O–H groups in total. The van der Waals surface area contributed by atoms with Gasteiger partial charge in [-0.25, -0.2) is 0 Å². The van der Waals surface area contributed by atoms with Crippen molar-refractivity contribution in [1.29, 1.82) is 0 Å². The van der Waals surface area contributed by atoms with Crippen LogP contribution < -0.4 is 0 Å². The van der Waals surface area contributed by atoms with E-state index in [0.29, 0.717) is 25.1 Å². The number of aromatic nitrogens is 1. The first kappa shape index (κ1) is 13.0. The predicted octanol–water partition coefficient (Wildman–Crippen LogP) is 1.62. The zero-order valence-corrected chi connectivity index (χ0v) is 11.0. The van der Waals surface area contributed by atoms with E-state index in [1.807, 2.05) is 24.0 Å². The van der Waals surface area contributed by atoms with Crippen LogP contribution in [0.2, 0.25) is 0 Å².